The maximum atomic E-state index is 12.7. The molecule has 144 valence electrons. The highest BCUT2D eigenvalue weighted by molar-refractivity contribution is 5.95. The number of carbonyl (C=O) groups excluding carboxylic acids is 3. The van der Waals surface area contributed by atoms with E-state index in [2.05, 4.69) is 10.6 Å². The molecule has 2 amide bonds. The lowest BCUT2D eigenvalue weighted by Gasteiger charge is -2.28. The lowest BCUT2D eigenvalue weighted by molar-refractivity contribution is -0.146. The predicted octanol–water partition coefficient (Wildman–Crippen LogP) is 2.17. The molecule has 2 N–H and O–H groups in total. The second kappa shape index (κ2) is 7.82. The Hall–Kier alpha value is -2.83. The fraction of sp³-hybridized carbons (Fsp3) is 0.450. The summed E-state index contributed by atoms with van der Waals surface area (Å²) < 4.78 is 10.6. The second-order valence-corrected chi connectivity index (χ2v) is 6.70. The first-order chi connectivity index (χ1) is 13.0. The van der Waals surface area contributed by atoms with Gasteiger partial charge in [-0.3, -0.25) is 4.79 Å². The van der Waals surface area contributed by atoms with Crippen molar-refractivity contribution in [3.8, 4) is 0 Å². The third-order valence-corrected chi connectivity index (χ3v) is 4.96. The quantitative estimate of drug-likeness (QED) is 0.716. The molecule has 1 fully saturated rings. The van der Waals surface area contributed by atoms with Gasteiger partial charge < -0.3 is 20.1 Å². The van der Waals surface area contributed by atoms with Gasteiger partial charge in [0.15, 0.2) is 0 Å². The normalized spacial score (nSPS) is 20.4. The summed E-state index contributed by atoms with van der Waals surface area (Å²) in [5.41, 5.74) is 0.889. The van der Waals surface area contributed by atoms with Crippen molar-refractivity contribution in [2.45, 2.75) is 44.6 Å². The Morgan fingerprint density at radius 2 is 1.85 bits per heavy atom. The van der Waals surface area contributed by atoms with Crippen LogP contribution in [0, 0.1) is 0 Å². The van der Waals surface area contributed by atoms with E-state index in [9.17, 15) is 14.4 Å². The first-order valence-corrected chi connectivity index (χ1v) is 9.22. The van der Waals surface area contributed by atoms with E-state index >= 15 is 0 Å². The largest absolute Gasteiger partial charge is 0.463 e. The smallest absolute Gasteiger partial charge is 0.338 e. The van der Waals surface area contributed by atoms with Crippen LogP contribution in [0.2, 0.25) is 0 Å². The summed E-state index contributed by atoms with van der Waals surface area (Å²) >= 11 is 0. The van der Waals surface area contributed by atoms with Crippen molar-refractivity contribution in [1.29, 1.82) is 0 Å². The van der Waals surface area contributed by atoms with Gasteiger partial charge in [-0.1, -0.05) is 37.3 Å². The molecule has 1 aliphatic heterocycles. The standard InChI is InChI=1S/C20H24N2O5/c1-3-14-16(17(23)26-4-2)15(22-19(25)21-14)12-27-18(24)20(10-11-20)13-8-6-5-7-9-13/h5-9,14H,3-4,10-12H2,1-2H3,(H2,21,22,25)/t14-/m0/s1. The highest BCUT2D eigenvalue weighted by Crippen LogP contribution is 2.49. The van der Waals surface area contributed by atoms with Crippen LogP contribution in [-0.2, 0) is 24.5 Å². The number of benzene rings is 1. The van der Waals surface area contributed by atoms with Gasteiger partial charge in [-0.2, -0.15) is 0 Å². The molecule has 0 unspecified atom stereocenters. The number of esters is 2. The zero-order valence-electron chi connectivity index (χ0n) is 15.5. The van der Waals surface area contributed by atoms with E-state index in [-0.39, 0.29) is 24.9 Å². The molecule has 7 nitrogen and oxygen atoms in total. The predicted molar refractivity (Wildman–Crippen MR) is 97.7 cm³/mol. The number of hydrogen-bond acceptors (Lipinski definition) is 5. The number of rotatable bonds is 7. The lowest BCUT2D eigenvalue weighted by Crippen LogP contribution is -2.51. The Bertz CT molecular complexity index is 768. The number of urea groups is 1. The maximum Gasteiger partial charge on any atom is 0.338 e. The zero-order chi connectivity index (χ0) is 19.4. The van der Waals surface area contributed by atoms with Gasteiger partial charge in [0.05, 0.1) is 29.3 Å². The highest BCUT2D eigenvalue weighted by atomic mass is 16.5. The number of ether oxygens (including phenoxy) is 2. The molecule has 0 spiro atoms. The van der Waals surface area contributed by atoms with Crippen LogP contribution < -0.4 is 10.6 Å². The summed E-state index contributed by atoms with van der Waals surface area (Å²) in [6.45, 7) is 3.61. The van der Waals surface area contributed by atoms with Crippen molar-refractivity contribution in [3.63, 3.8) is 0 Å². The minimum atomic E-state index is -0.618. The Labute approximate surface area is 158 Å². The van der Waals surface area contributed by atoms with E-state index < -0.39 is 23.5 Å². The number of carbonyl (C=O) groups is 3. The monoisotopic (exact) mass is 372 g/mol. The molecule has 1 heterocycles. The van der Waals surface area contributed by atoms with Crippen LogP contribution in [0.4, 0.5) is 4.79 Å². The summed E-state index contributed by atoms with van der Waals surface area (Å²) in [6, 6.07) is 8.61. The van der Waals surface area contributed by atoms with E-state index in [4.69, 9.17) is 9.47 Å². The molecule has 1 aliphatic carbocycles. The SMILES string of the molecule is CCOC(=O)C1=C(COC(=O)C2(c3ccccc3)CC2)NC(=O)N[C@H]1CC. The molecule has 0 aromatic heterocycles. The minimum Gasteiger partial charge on any atom is -0.463 e. The topological polar surface area (TPSA) is 93.7 Å². The van der Waals surface area contributed by atoms with E-state index in [0.29, 0.717) is 12.0 Å². The lowest BCUT2D eigenvalue weighted by atomic mass is 9.96. The Balaban J connectivity index is 1.78. The van der Waals surface area contributed by atoms with Gasteiger partial charge in [0.2, 0.25) is 0 Å². The molecule has 0 saturated heterocycles. The summed E-state index contributed by atoms with van der Waals surface area (Å²) in [5, 5.41) is 5.28. The van der Waals surface area contributed by atoms with Crippen LogP contribution in [0.15, 0.2) is 41.6 Å². The fourth-order valence-electron chi connectivity index (χ4n) is 3.34. The van der Waals surface area contributed by atoms with Crippen molar-refractivity contribution < 1.29 is 23.9 Å². The number of nitrogens with one attached hydrogen (secondary N) is 2. The first-order valence-electron chi connectivity index (χ1n) is 9.22. The van der Waals surface area contributed by atoms with Crippen molar-refractivity contribution in [2.75, 3.05) is 13.2 Å². The maximum absolute atomic E-state index is 12.7. The van der Waals surface area contributed by atoms with Gasteiger partial charge in [0.25, 0.3) is 0 Å². The Morgan fingerprint density at radius 1 is 1.15 bits per heavy atom. The zero-order valence-corrected chi connectivity index (χ0v) is 15.5. The van der Waals surface area contributed by atoms with Crippen LogP contribution in [0.5, 0.6) is 0 Å². The van der Waals surface area contributed by atoms with E-state index in [1.807, 2.05) is 37.3 Å². The van der Waals surface area contributed by atoms with E-state index in [0.717, 1.165) is 18.4 Å². The molecule has 0 radical (unpaired) electrons. The molecule has 1 saturated carbocycles. The van der Waals surface area contributed by atoms with Gasteiger partial charge in [-0.25, -0.2) is 9.59 Å². The molecule has 7 heteroatoms. The third kappa shape index (κ3) is 3.82. The fourth-order valence-corrected chi connectivity index (χ4v) is 3.34. The summed E-state index contributed by atoms with van der Waals surface area (Å²) in [4.78, 5) is 37.0. The molecule has 1 atom stereocenters. The van der Waals surface area contributed by atoms with Crippen molar-refractivity contribution in [1.82, 2.24) is 10.6 Å². The molecular weight excluding hydrogens is 348 g/mol. The van der Waals surface area contributed by atoms with Crippen molar-refractivity contribution >= 4 is 18.0 Å². The van der Waals surface area contributed by atoms with Gasteiger partial charge in [-0.05, 0) is 31.7 Å². The average molecular weight is 372 g/mol. The van der Waals surface area contributed by atoms with Gasteiger partial charge >= 0.3 is 18.0 Å². The van der Waals surface area contributed by atoms with E-state index in [1.54, 1.807) is 6.92 Å². The molecule has 1 aromatic rings. The van der Waals surface area contributed by atoms with Gasteiger partial charge in [0.1, 0.15) is 6.61 Å². The van der Waals surface area contributed by atoms with Crippen LogP contribution in [0.3, 0.4) is 0 Å². The minimum absolute atomic E-state index is 0.175. The highest BCUT2D eigenvalue weighted by Gasteiger charge is 2.52. The number of amides is 2. The van der Waals surface area contributed by atoms with Crippen LogP contribution in [0.25, 0.3) is 0 Å². The molecule has 0 bridgehead atoms. The Morgan fingerprint density at radius 3 is 2.44 bits per heavy atom. The molecule has 2 aliphatic rings. The van der Waals surface area contributed by atoms with Crippen molar-refractivity contribution in [2.24, 2.45) is 0 Å². The summed E-state index contributed by atoms with van der Waals surface area (Å²) in [6.07, 6.45) is 1.98. The van der Waals surface area contributed by atoms with Crippen LogP contribution in [0.1, 0.15) is 38.7 Å². The molecule has 3 rings (SSSR count). The molecular formula is C20H24N2O5. The first kappa shape index (κ1) is 18.9. The number of hydrogen-bond donors (Lipinski definition) is 2. The van der Waals surface area contributed by atoms with Crippen LogP contribution >= 0.6 is 0 Å². The van der Waals surface area contributed by atoms with Gasteiger partial charge in [0, 0.05) is 0 Å². The van der Waals surface area contributed by atoms with Crippen molar-refractivity contribution in [3.05, 3.63) is 47.2 Å². The van der Waals surface area contributed by atoms with Gasteiger partial charge in [-0.15, -0.1) is 0 Å². The molecule has 27 heavy (non-hydrogen) atoms. The Kier molecular flexibility index (Phi) is 5.48. The average Bonchev–Trinajstić information content (AvgIpc) is 3.48. The summed E-state index contributed by atoms with van der Waals surface area (Å²) in [5.74, 6) is -0.864. The van der Waals surface area contributed by atoms with E-state index in [1.165, 1.54) is 0 Å². The van der Waals surface area contributed by atoms with Crippen LogP contribution in [-0.4, -0.2) is 37.2 Å². The summed E-state index contributed by atoms with van der Waals surface area (Å²) in [7, 11) is 0. The second-order valence-electron chi connectivity index (χ2n) is 6.70. The molecule has 1 aromatic carbocycles. The third-order valence-electron chi connectivity index (χ3n) is 4.96.